The summed E-state index contributed by atoms with van der Waals surface area (Å²) in [4.78, 5) is 9.60. The van der Waals surface area contributed by atoms with E-state index in [0.29, 0.717) is 5.92 Å². The molecule has 0 saturated heterocycles. The minimum Gasteiger partial charge on any atom is -0.478 e. The maximum Gasteiger partial charge on any atom is 0.330 e. The molecule has 0 aromatic rings. The van der Waals surface area contributed by atoms with Crippen molar-refractivity contribution in [2.45, 2.75) is 51.9 Å². The zero-order valence-corrected chi connectivity index (χ0v) is 11.3. The average Bonchev–Trinajstić information content (AvgIpc) is 2.38. The minimum atomic E-state index is -0.935. The van der Waals surface area contributed by atoms with Gasteiger partial charge in [0, 0.05) is 11.5 Å². The Morgan fingerprint density at radius 1 is 1.22 bits per heavy atom. The number of terminal acetylenes is 1. The summed E-state index contributed by atoms with van der Waals surface area (Å²) in [5.41, 5.74) is 0.176. The van der Waals surface area contributed by atoms with Crippen LogP contribution in [0.2, 0.25) is 0 Å². The topological polar surface area (TPSA) is 37.3 Å². The molecule has 100 valence electrons. The van der Waals surface area contributed by atoms with Crippen LogP contribution in [0.1, 0.15) is 51.9 Å². The molecular formula is C16H24O2. The Hall–Kier alpha value is -1.23. The smallest absolute Gasteiger partial charge is 0.330 e. The van der Waals surface area contributed by atoms with Crippen LogP contribution in [0.5, 0.6) is 0 Å². The zero-order valence-electron chi connectivity index (χ0n) is 11.3. The van der Waals surface area contributed by atoms with Gasteiger partial charge >= 0.3 is 5.97 Å². The molecule has 18 heavy (non-hydrogen) atoms. The molecule has 2 rings (SSSR count). The molecule has 3 unspecified atom stereocenters. The number of fused-ring (bicyclic) bond motifs is 1. The lowest BCUT2D eigenvalue weighted by Crippen LogP contribution is -2.30. The highest BCUT2D eigenvalue weighted by Gasteiger charge is 2.33. The highest BCUT2D eigenvalue weighted by Crippen LogP contribution is 2.43. The predicted molar refractivity (Wildman–Crippen MR) is 74.1 cm³/mol. The first-order chi connectivity index (χ1) is 8.56. The molecule has 2 nitrogen and oxygen atoms in total. The molecule has 3 atom stereocenters. The molecule has 0 spiro atoms. The monoisotopic (exact) mass is 248 g/mol. The van der Waals surface area contributed by atoms with Crippen LogP contribution in [0.3, 0.4) is 0 Å². The van der Waals surface area contributed by atoms with Crippen molar-refractivity contribution in [3.8, 4) is 12.3 Å². The molecule has 2 aliphatic carbocycles. The van der Waals surface area contributed by atoms with E-state index in [1.807, 2.05) is 0 Å². The van der Waals surface area contributed by atoms with Crippen LogP contribution < -0.4 is 0 Å². The first kappa shape index (κ1) is 14.8. The molecule has 2 saturated carbocycles. The number of carbonyl (C=O) groups is 1. The van der Waals surface area contributed by atoms with E-state index in [1.165, 1.54) is 51.9 Å². The van der Waals surface area contributed by atoms with E-state index in [2.05, 4.69) is 12.5 Å². The van der Waals surface area contributed by atoms with Crippen molar-refractivity contribution < 1.29 is 9.90 Å². The van der Waals surface area contributed by atoms with Crippen molar-refractivity contribution in [3.63, 3.8) is 0 Å². The third-order valence-corrected chi connectivity index (χ3v) is 4.15. The molecule has 0 aromatic carbocycles. The second kappa shape index (κ2) is 7.26. The van der Waals surface area contributed by atoms with Gasteiger partial charge in [-0.1, -0.05) is 38.7 Å². The Morgan fingerprint density at radius 3 is 2.33 bits per heavy atom. The van der Waals surface area contributed by atoms with Crippen molar-refractivity contribution in [2.24, 2.45) is 17.8 Å². The van der Waals surface area contributed by atoms with E-state index in [4.69, 9.17) is 11.5 Å². The summed E-state index contributed by atoms with van der Waals surface area (Å²) >= 11 is 0. The number of carboxylic acid groups (broad SMARTS) is 1. The normalized spacial score (nSPS) is 30.1. The molecule has 1 N–H and O–H groups in total. The van der Waals surface area contributed by atoms with Crippen LogP contribution in [-0.4, -0.2) is 11.1 Å². The molecular weight excluding hydrogens is 224 g/mol. The second-order valence-corrected chi connectivity index (χ2v) is 5.50. The molecule has 0 radical (unpaired) electrons. The van der Waals surface area contributed by atoms with Crippen LogP contribution in [0.25, 0.3) is 0 Å². The van der Waals surface area contributed by atoms with Crippen molar-refractivity contribution >= 4 is 5.97 Å². The maximum absolute atomic E-state index is 9.60. The third kappa shape index (κ3) is 4.22. The largest absolute Gasteiger partial charge is 0.478 e. The number of hydrogen-bond donors (Lipinski definition) is 1. The van der Waals surface area contributed by atoms with Gasteiger partial charge in [-0.05, 0) is 31.6 Å². The lowest BCUT2D eigenvalue weighted by atomic mass is 9.66. The highest BCUT2D eigenvalue weighted by molar-refractivity contribution is 5.84. The predicted octanol–water partition coefficient (Wildman–Crippen LogP) is 3.87. The van der Waals surface area contributed by atoms with Gasteiger partial charge in [-0.3, -0.25) is 0 Å². The van der Waals surface area contributed by atoms with Gasteiger partial charge in [-0.25, -0.2) is 4.79 Å². The van der Waals surface area contributed by atoms with E-state index >= 15 is 0 Å². The van der Waals surface area contributed by atoms with Gasteiger partial charge in [0.25, 0.3) is 0 Å². The fourth-order valence-corrected chi connectivity index (χ4v) is 3.15. The van der Waals surface area contributed by atoms with Gasteiger partial charge in [-0.15, -0.1) is 12.3 Å². The van der Waals surface area contributed by atoms with Gasteiger partial charge in [0.1, 0.15) is 0 Å². The lowest BCUT2D eigenvalue weighted by Gasteiger charge is -2.39. The second-order valence-electron chi connectivity index (χ2n) is 5.50. The van der Waals surface area contributed by atoms with Crippen LogP contribution in [0.15, 0.2) is 12.2 Å². The Morgan fingerprint density at radius 2 is 1.78 bits per heavy atom. The molecule has 0 heterocycles. The summed E-state index contributed by atoms with van der Waals surface area (Å²) in [6.07, 6.45) is 15.5. The van der Waals surface area contributed by atoms with Crippen LogP contribution >= 0.6 is 0 Å². The van der Waals surface area contributed by atoms with Crippen molar-refractivity contribution in [2.75, 3.05) is 0 Å². The SMILES string of the molecule is C#CC1CCCC2CCCCC12.C=C(C)C(=O)O. The van der Waals surface area contributed by atoms with Gasteiger partial charge in [0.2, 0.25) is 0 Å². The summed E-state index contributed by atoms with van der Waals surface area (Å²) < 4.78 is 0. The molecule has 2 heteroatoms. The summed E-state index contributed by atoms with van der Waals surface area (Å²) in [7, 11) is 0. The fraction of sp³-hybridized carbons (Fsp3) is 0.688. The summed E-state index contributed by atoms with van der Waals surface area (Å²) in [6, 6.07) is 0. The van der Waals surface area contributed by atoms with Gasteiger partial charge < -0.3 is 5.11 Å². The minimum absolute atomic E-state index is 0.176. The summed E-state index contributed by atoms with van der Waals surface area (Å²) in [5.74, 6) is 4.59. The zero-order chi connectivity index (χ0) is 13.5. The fourth-order valence-electron chi connectivity index (χ4n) is 3.15. The number of rotatable bonds is 1. The number of aliphatic carboxylic acids is 1. The van der Waals surface area contributed by atoms with Crippen LogP contribution in [0.4, 0.5) is 0 Å². The molecule has 0 aliphatic heterocycles. The van der Waals surface area contributed by atoms with Crippen molar-refractivity contribution in [1.82, 2.24) is 0 Å². The van der Waals surface area contributed by atoms with Crippen LogP contribution in [0, 0.1) is 30.1 Å². The van der Waals surface area contributed by atoms with Crippen LogP contribution in [-0.2, 0) is 4.79 Å². The van der Waals surface area contributed by atoms with E-state index < -0.39 is 5.97 Å². The Bertz CT molecular complexity index is 323. The van der Waals surface area contributed by atoms with Gasteiger partial charge in [0.05, 0.1) is 0 Å². The third-order valence-electron chi connectivity index (χ3n) is 4.15. The standard InChI is InChI=1S/C12H18.C4H6O2/c1-2-10-7-5-8-11-6-3-4-9-12(10)11;1-3(2)4(5)6/h1,10-12H,3-9H2;1H2,2H3,(H,5,6). The van der Waals surface area contributed by atoms with Gasteiger partial charge in [0.15, 0.2) is 0 Å². The van der Waals surface area contributed by atoms with E-state index in [0.717, 1.165) is 11.8 Å². The van der Waals surface area contributed by atoms with E-state index in [9.17, 15) is 4.79 Å². The lowest BCUT2D eigenvalue weighted by molar-refractivity contribution is -0.132. The van der Waals surface area contributed by atoms with E-state index in [1.54, 1.807) is 0 Å². The maximum atomic E-state index is 9.60. The number of carboxylic acids is 1. The van der Waals surface area contributed by atoms with Crippen molar-refractivity contribution in [3.05, 3.63) is 12.2 Å². The first-order valence-corrected chi connectivity index (χ1v) is 6.91. The molecule has 0 bridgehead atoms. The average molecular weight is 248 g/mol. The van der Waals surface area contributed by atoms with E-state index in [-0.39, 0.29) is 5.57 Å². The quantitative estimate of drug-likeness (QED) is 0.565. The molecule has 2 aliphatic rings. The Balaban J connectivity index is 0.000000232. The first-order valence-electron chi connectivity index (χ1n) is 6.91. The molecule has 2 fully saturated rings. The summed E-state index contributed by atoms with van der Waals surface area (Å²) in [6.45, 7) is 4.60. The highest BCUT2D eigenvalue weighted by atomic mass is 16.4. The number of hydrogen-bond acceptors (Lipinski definition) is 1. The molecule has 0 amide bonds. The summed E-state index contributed by atoms with van der Waals surface area (Å²) in [5, 5.41) is 7.89. The Labute approximate surface area is 110 Å². The van der Waals surface area contributed by atoms with Gasteiger partial charge in [-0.2, -0.15) is 0 Å². The van der Waals surface area contributed by atoms with Crippen molar-refractivity contribution in [1.29, 1.82) is 0 Å². The molecule has 0 aromatic heterocycles. The Kier molecular flexibility index (Phi) is 5.98.